The third-order valence-corrected chi connectivity index (χ3v) is 6.17. The maximum atomic E-state index is 6.26. The van der Waals surface area contributed by atoms with Gasteiger partial charge in [-0.25, -0.2) is 0 Å². The molecule has 0 bridgehead atoms. The molecule has 0 fully saturated rings. The van der Waals surface area contributed by atoms with Gasteiger partial charge in [-0.05, 0) is 71.1 Å². The molecule has 0 saturated carbocycles. The SMILES string of the molecule is Cc1cnc(-c2cccc3c2oc2ccccc23)cc1-c1cc2ccccc2cc1C. The number of aromatic nitrogens is 1. The summed E-state index contributed by atoms with van der Waals surface area (Å²) in [6.07, 6.45) is 1.97. The van der Waals surface area contributed by atoms with Crippen molar-refractivity contribution in [3.63, 3.8) is 0 Å². The summed E-state index contributed by atoms with van der Waals surface area (Å²) in [6.45, 7) is 4.31. The molecule has 0 unspecified atom stereocenters. The number of rotatable bonds is 2. The lowest BCUT2D eigenvalue weighted by atomic mass is 9.93. The van der Waals surface area contributed by atoms with Crippen molar-refractivity contribution in [2.75, 3.05) is 0 Å². The van der Waals surface area contributed by atoms with E-state index in [0.717, 1.165) is 33.2 Å². The Bertz CT molecular complexity index is 1610. The van der Waals surface area contributed by atoms with Crippen LogP contribution in [-0.2, 0) is 0 Å². The summed E-state index contributed by atoms with van der Waals surface area (Å²) in [7, 11) is 0. The minimum Gasteiger partial charge on any atom is -0.455 e. The lowest BCUT2D eigenvalue weighted by Crippen LogP contribution is -1.92. The molecule has 148 valence electrons. The fourth-order valence-electron chi connectivity index (χ4n) is 4.55. The Kier molecular flexibility index (Phi) is 3.94. The van der Waals surface area contributed by atoms with E-state index in [1.165, 1.54) is 33.0 Å². The van der Waals surface area contributed by atoms with Crippen molar-refractivity contribution in [2.45, 2.75) is 13.8 Å². The van der Waals surface area contributed by atoms with Crippen molar-refractivity contribution in [3.8, 4) is 22.4 Å². The molecular weight excluding hydrogens is 378 g/mol. The van der Waals surface area contributed by atoms with Gasteiger partial charge in [-0.1, -0.05) is 60.7 Å². The first-order valence-electron chi connectivity index (χ1n) is 10.6. The highest BCUT2D eigenvalue weighted by atomic mass is 16.3. The van der Waals surface area contributed by atoms with E-state index < -0.39 is 0 Å². The Labute approximate surface area is 180 Å². The number of para-hydroxylation sites is 2. The standard InChI is InChI=1S/C29H21NO/c1-18-14-20-8-3-4-9-21(20)15-25(18)26-16-27(30-17-19(26)2)24-12-7-11-23-22-10-5-6-13-28(22)31-29(23)24/h3-17H,1-2H3. The molecule has 0 aliphatic carbocycles. The summed E-state index contributed by atoms with van der Waals surface area (Å²) < 4.78 is 6.26. The number of fused-ring (bicyclic) bond motifs is 4. The summed E-state index contributed by atoms with van der Waals surface area (Å²) in [5, 5.41) is 4.78. The lowest BCUT2D eigenvalue weighted by molar-refractivity contribution is 0.670. The van der Waals surface area contributed by atoms with E-state index in [0.29, 0.717) is 0 Å². The van der Waals surface area contributed by atoms with Crippen LogP contribution in [0.2, 0.25) is 0 Å². The molecule has 0 aliphatic rings. The van der Waals surface area contributed by atoms with Crippen LogP contribution in [0.5, 0.6) is 0 Å². The Balaban J connectivity index is 1.58. The van der Waals surface area contributed by atoms with Crippen molar-refractivity contribution in [1.82, 2.24) is 4.98 Å². The summed E-state index contributed by atoms with van der Waals surface area (Å²) in [5.41, 5.74) is 8.63. The molecule has 0 aliphatic heterocycles. The normalized spacial score (nSPS) is 11.5. The predicted octanol–water partition coefficient (Wildman–Crippen LogP) is 8.09. The maximum Gasteiger partial charge on any atom is 0.144 e. The third-order valence-electron chi connectivity index (χ3n) is 6.17. The molecule has 0 atom stereocenters. The Morgan fingerprint density at radius 2 is 1.32 bits per heavy atom. The number of benzene rings is 4. The number of aryl methyl sites for hydroxylation is 2. The van der Waals surface area contributed by atoms with Crippen LogP contribution >= 0.6 is 0 Å². The molecule has 2 aromatic heterocycles. The molecule has 0 radical (unpaired) electrons. The Morgan fingerprint density at radius 3 is 2.19 bits per heavy atom. The van der Waals surface area contributed by atoms with Crippen LogP contribution in [0.1, 0.15) is 11.1 Å². The van der Waals surface area contributed by atoms with Crippen molar-refractivity contribution in [3.05, 3.63) is 102 Å². The van der Waals surface area contributed by atoms with Gasteiger partial charge in [0.2, 0.25) is 0 Å². The van der Waals surface area contributed by atoms with Crippen LogP contribution in [0.15, 0.2) is 95.5 Å². The number of pyridine rings is 1. The van der Waals surface area contributed by atoms with Crippen molar-refractivity contribution >= 4 is 32.7 Å². The van der Waals surface area contributed by atoms with Gasteiger partial charge >= 0.3 is 0 Å². The third kappa shape index (κ3) is 2.83. The van der Waals surface area contributed by atoms with Gasteiger partial charge < -0.3 is 4.42 Å². The zero-order valence-corrected chi connectivity index (χ0v) is 17.5. The van der Waals surface area contributed by atoms with Crippen LogP contribution in [-0.4, -0.2) is 4.98 Å². The van der Waals surface area contributed by atoms with E-state index in [1.54, 1.807) is 0 Å². The first-order valence-corrected chi connectivity index (χ1v) is 10.6. The van der Waals surface area contributed by atoms with Gasteiger partial charge in [-0.3, -0.25) is 4.98 Å². The number of hydrogen-bond acceptors (Lipinski definition) is 2. The van der Waals surface area contributed by atoms with E-state index in [9.17, 15) is 0 Å². The van der Waals surface area contributed by atoms with Crippen LogP contribution < -0.4 is 0 Å². The summed E-state index contributed by atoms with van der Waals surface area (Å²) in [6, 6.07) is 29.8. The Hall–Kier alpha value is -3.91. The van der Waals surface area contributed by atoms with E-state index in [2.05, 4.69) is 86.6 Å². The lowest BCUT2D eigenvalue weighted by Gasteiger charge is -2.13. The second-order valence-corrected chi connectivity index (χ2v) is 8.18. The second-order valence-electron chi connectivity index (χ2n) is 8.18. The molecule has 6 aromatic rings. The van der Waals surface area contributed by atoms with E-state index >= 15 is 0 Å². The zero-order chi connectivity index (χ0) is 20.9. The highest BCUT2D eigenvalue weighted by molar-refractivity contribution is 6.09. The van der Waals surface area contributed by atoms with Gasteiger partial charge in [0, 0.05) is 22.5 Å². The first kappa shape index (κ1) is 17.9. The summed E-state index contributed by atoms with van der Waals surface area (Å²) >= 11 is 0. The van der Waals surface area contributed by atoms with Crippen molar-refractivity contribution in [1.29, 1.82) is 0 Å². The zero-order valence-electron chi connectivity index (χ0n) is 17.5. The van der Waals surface area contributed by atoms with E-state index in [1.807, 2.05) is 18.3 Å². The molecule has 31 heavy (non-hydrogen) atoms. The quantitative estimate of drug-likeness (QED) is 0.294. The van der Waals surface area contributed by atoms with Gasteiger partial charge in [-0.2, -0.15) is 0 Å². The highest BCUT2D eigenvalue weighted by Crippen LogP contribution is 2.37. The monoisotopic (exact) mass is 399 g/mol. The molecular formula is C29H21NO. The average Bonchev–Trinajstić information content (AvgIpc) is 3.18. The highest BCUT2D eigenvalue weighted by Gasteiger charge is 2.15. The van der Waals surface area contributed by atoms with Gasteiger partial charge in [-0.15, -0.1) is 0 Å². The fraction of sp³-hybridized carbons (Fsp3) is 0.0690. The van der Waals surface area contributed by atoms with Gasteiger partial charge in [0.1, 0.15) is 11.2 Å². The smallest absolute Gasteiger partial charge is 0.144 e. The van der Waals surface area contributed by atoms with E-state index in [-0.39, 0.29) is 0 Å². The topological polar surface area (TPSA) is 26.0 Å². The predicted molar refractivity (Wildman–Crippen MR) is 129 cm³/mol. The average molecular weight is 399 g/mol. The minimum atomic E-state index is 0.890. The van der Waals surface area contributed by atoms with Crippen LogP contribution in [0.4, 0.5) is 0 Å². The summed E-state index contributed by atoms with van der Waals surface area (Å²) in [4.78, 5) is 4.79. The van der Waals surface area contributed by atoms with Gasteiger partial charge in [0.25, 0.3) is 0 Å². The van der Waals surface area contributed by atoms with Crippen LogP contribution in [0, 0.1) is 13.8 Å². The van der Waals surface area contributed by atoms with E-state index in [4.69, 9.17) is 9.40 Å². The molecule has 2 nitrogen and oxygen atoms in total. The molecule has 4 aromatic carbocycles. The maximum absolute atomic E-state index is 6.26. The first-order chi connectivity index (χ1) is 15.2. The molecule has 0 spiro atoms. The van der Waals surface area contributed by atoms with Crippen molar-refractivity contribution in [2.24, 2.45) is 0 Å². The molecule has 2 heteroatoms. The molecule has 6 rings (SSSR count). The van der Waals surface area contributed by atoms with Crippen LogP contribution in [0.25, 0.3) is 55.1 Å². The second kappa shape index (κ2) is 6.82. The number of furan rings is 1. The van der Waals surface area contributed by atoms with Gasteiger partial charge in [0.05, 0.1) is 5.69 Å². The van der Waals surface area contributed by atoms with Gasteiger partial charge in [0.15, 0.2) is 0 Å². The number of hydrogen-bond donors (Lipinski definition) is 0. The van der Waals surface area contributed by atoms with Crippen LogP contribution in [0.3, 0.4) is 0 Å². The fourth-order valence-corrected chi connectivity index (χ4v) is 4.55. The molecule has 0 N–H and O–H groups in total. The minimum absolute atomic E-state index is 0.890. The number of nitrogens with zero attached hydrogens (tertiary/aromatic N) is 1. The Morgan fingerprint density at radius 1 is 0.613 bits per heavy atom. The molecule has 2 heterocycles. The van der Waals surface area contributed by atoms with Crippen molar-refractivity contribution < 1.29 is 4.42 Å². The largest absolute Gasteiger partial charge is 0.455 e. The molecule has 0 amide bonds. The molecule has 0 saturated heterocycles. The summed E-state index contributed by atoms with van der Waals surface area (Å²) in [5.74, 6) is 0.